The number of nitrogens with one attached hydrogen (secondary N) is 2. The highest BCUT2D eigenvalue weighted by Crippen LogP contribution is 2.28. The SMILES string of the molecule is CCOc1cc(/C=N/NC(=S)NC)ccc1OCC(=O)N1CCOCC1. The Morgan fingerprint density at radius 3 is 2.81 bits per heavy atom. The van der Waals surface area contributed by atoms with Crippen molar-refractivity contribution < 1.29 is 19.0 Å². The molecule has 0 atom stereocenters. The van der Waals surface area contributed by atoms with E-state index >= 15 is 0 Å². The maximum Gasteiger partial charge on any atom is 0.260 e. The van der Waals surface area contributed by atoms with E-state index in [1.54, 1.807) is 30.3 Å². The Balaban J connectivity index is 1.98. The van der Waals surface area contributed by atoms with Gasteiger partial charge >= 0.3 is 0 Å². The zero-order valence-electron chi connectivity index (χ0n) is 15.0. The van der Waals surface area contributed by atoms with Gasteiger partial charge in [-0.15, -0.1) is 0 Å². The smallest absolute Gasteiger partial charge is 0.260 e. The van der Waals surface area contributed by atoms with Crippen molar-refractivity contribution in [2.24, 2.45) is 5.10 Å². The largest absolute Gasteiger partial charge is 0.490 e. The van der Waals surface area contributed by atoms with E-state index in [1.165, 1.54) is 0 Å². The van der Waals surface area contributed by atoms with Crippen LogP contribution in [0.3, 0.4) is 0 Å². The van der Waals surface area contributed by atoms with Gasteiger partial charge in [-0.05, 0) is 42.9 Å². The van der Waals surface area contributed by atoms with Gasteiger partial charge < -0.3 is 24.4 Å². The molecule has 26 heavy (non-hydrogen) atoms. The van der Waals surface area contributed by atoms with Gasteiger partial charge in [0.2, 0.25) is 0 Å². The molecule has 1 fully saturated rings. The van der Waals surface area contributed by atoms with E-state index in [0.717, 1.165) is 5.56 Å². The highest BCUT2D eigenvalue weighted by Gasteiger charge is 2.18. The topological polar surface area (TPSA) is 84.4 Å². The summed E-state index contributed by atoms with van der Waals surface area (Å²) in [4.78, 5) is 13.9. The Morgan fingerprint density at radius 1 is 1.35 bits per heavy atom. The van der Waals surface area contributed by atoms with Crippen LogP contribution in [-0.2, 0) is 9.53 Å². The molecular formula is C17H24N4O4S. The van der Waals surface area contributed by atoms with Crippen LogP contribution in [0.5, 0.6) is 11.5 Å². The number of amides is 1. The number of ether oxygens (including phenoxy) is 3. The second kappa shape index (κ2) is 10.6. The van der Waals surface area contributed by atoms with Gasteiger partial charge in [-0.3, -0.25) is 10.2 Å². The number of benzene rings is 1. The van der Waals surface area contributed by atoms with Crippen LogP contribution < -0.4 is 20.2 Å². The molecule has 0 aromatic heterocycles. The molecule has 1 aromatic carbocycles. The van der Waals surface area contributed by atoms with Crippen molar-refractivity contribution in [1.29, 1.82) is 0 Å². The van der Waals surface area contributed by atoms with Gasteiger partial charge in [-0.2, -0.15) is 5.10 Å². The molecule has 142 valence electrons. The first kappa shape index (κ1) is 19.9. The third-order valence-corrected chi connectivity index (χ3v) is 3.88. The van der Waals surface area contributed by atoms with Crippen LogP contribution in [0.2, 0.25) is 0 Å². The number of carbonyl (C=O) groups is 1. The molecule has 2 rings (SSSR count). The summed E-state index contributed by atoms with van der Waals surface area (Å²) >= 11 is 4.95. The molecule has 8 nitrogen and oxygen atoms in total. The zero-order chi connectivity index (χ0) is 18.8. The predicted molar refractivity (Wildman–Crippen MR) is 103 cm³/mol. The fraction of sp³-hybridized carbons (Fsp3) is 0.471. The average Bonchev–Trinajstić information content (AvgIpc) is 2.68. The minimum Gasteiger partial charge on any atom is -0.490 e. The number of rotatable bonds is 7. The standard InChI is InChI=1S/C17H24N4O4S/c1-3-24-15-10-13(11-19-20-17(26)18-2)4-5-14(15)25-12-16(22)21-6-8-23-9-7-21/h4-5,10-11H,3,6-9,12H2,1-2H3,(H2,18,20,26)/b19-11+. The van der Waals surface area contributed by atoms with Crippen molar-refractivity contribution in [3.63, 3.8) is 0 Å². The Hall–Kier alpha value is -2.39. The first-order valence-corrected chi connectivity index (χ1v) is 8.80. The normalized spacial score (nSPS) is 14.2. The summed E-state index contributed by atoms with van der Waals surface area (Å²) in [5.74, 6) is 1.01. The first-order valence-electron chi connectivity index (χ1n) is 8.40. The van der Waals surface area contributed by atoms with Gasteiger partial charge in [0.1, 0.15) is 0 Å². The molecule has 0 bridgehead atoms. The van der Waals surface area contributed by atoms with Crippen LogP contribution in [0.1, 0.15) is 12.5 Å². The van der Waals surface area contributed by atoms with Crippen LogP contribution in [0.25, 0.3) is 0 Å². The van der Waals surface area contributed by atoms with Crippen LogP contribution in [0.4, 0.5) is 0 Å². The molecule has 1 saturated heterocycles. The minimum absolute atomic E-state index is 0.0362. The fourth-order valence-corrected chi connectivity index (χ4v) is 2.31. The van der Waals surface area contributed by atoms with Crippen LogP contribution in [0, 0.1) is 0 Å². The van der Waals surface area contributed by atoms with E-state index in [-0.39, 0.29) is 12.5 Å². The maximum absolute atomic E-state index is 12.2. The second-order valence-electron chi connectivity index (χ2n) is 5.37. The molecule has 1 aromatic rings. The number of hydrazone groups is 1. The highest BCUT2D eigenvalue weighted by atomic mass is 32.1. The van der Waals surface area contributed by atoms with E-state index in [0.29, 0.717) is 49.5 Å². The summed E-state index contributed by atoms with van der Waals surface area (Å²) in [5.41, 5.74) is 3.49. The number of carbonyl (C=O) groups excluding carboxylic acids is 1. The summed E-state index contributed by atoms with van der Waals surface area (Å²) in [6.45, 7) is 4.65. The molecule has 1 amide bonds. The average molecular weight is 380 g/mol. The molecule has 1 aliphatic heterocycles. The molecule has 9 heteroatoms. The quantitative estimate of drug-likeness (QED) is 0.410. The van der Waals surface area contributed by atoms with E-state index in [9.17, 15) is 4.79 Å². The lowest BCUT2D eigenvalue weighted by atomic mass is 10.2. The lowest BCUT2D eigenvalue weighted by Gasteiger charge is -2.26. The van der Waals surface area contributed by atoms with Crippen LogP contribution >= 0.6 is 12.2 Å². The lowest BCUT2D eigenvalue weighted by molar-refractivity contribution is -0.137. The van der Waals surface area contributed by atoms with Crippen molar-refractivity contribution in [3.05, 3.63) is 23.8 Å². The van der Waals surface area contributed by atoms with Gasteiger partial charge in [-0.1, -0.05) is 0 Å². The maximum atomic E-state index is 12.2. The number of hydrogen-bond donors (Lipinski definition) is 2. The van der Waals surface area contributed by atoms with Gasteiger partial charge in [0.25, 0.3) is 5.91 Å². The van der Waals surface area contributed by atoms with E-state index < -0.39 is 0 Å². The van der Waals surface area contributed by atoms with Gasteiger partial charge in [0.15, 0.2) is 23.2 Å². The Morgan fingerprint density at radius 2 is 2.12 bits per heavy atom. The molecule has 0 unspecified atom stereocenters. The molecule has 2 N–H and O–H groups in total. The minimum atomic E-state index is -0.0637. The van der Waals surface area contributed by atoms with Crippen LogP contribution in [-0.4, -0.2) is 68.7 Å². The monoisotopic (exact) mass is 380 g/mol. The zero-order valence-corrected chi connectivity index (χ0v) is 15.8. The van der Waals surface area contributed by atoms with Crippen molar-refractivity contribution in [1.82, 2.24) is 15.6 Å². The van der Waals surface area contributed by atoms with Gasteiger partial charge in [-0.25, -0.2) is 0 Å². The Kier molecular flexibility index (Phi) is 8.10. The summed E-state index contributed by atoms with van der Waals surface area (Å²) < 4.78 is 16.5. The number of thiocarbonyl (C=S) groups is 1. The molecule has 0 radical (unpaired) electrons. The molecule has 0 spiro atoms. The third-order valence-electron chi connectivity index (χ3n) is 3.59. The van der Waals surface area contributed by atoms with Gasteiger partial charge in [0, 0.05) is 20.1 Å². The van der Waals surface area contributed by atoms with Crippen molar-refractivity contribution in [3.8, 4) is 11.5 Å². The van der Waals surface area contributed by atoms with Crippen LogP contribution in [0.15, 0.2) is 23.3 Å². The summed E-state index contributed by atoms with van der Waals surface area (Å²) in [5, 5.41) is 7.22. The lowest BCUT2D eigenvalue weighted by Crippen LogP contribution is -2.43. The van der Waals surface area contributed by atoms with Crippen molar-refractivity contribution in [2.75, 3.05) is 46.6 Å². The number of nitrogens with zero attached hydrogens (tertiary/aromatic N) is 2. The Bertz CT molecular complexity index is 648. The summed E-state index contributed by atoms with van der Waals surface area (Å²) in [7, 11) is 1.71. The number of hydrogen-bond acceptors (Lipinski definition) is 6. The Labute approximate surface area is 158 Å². The molecule has 1 aliphatic rings. The molecule has 0 aliphatic carbocycles. The fourth-order valence-electron chi connectivity index (χ4n) is 2.26. The van der Waals surface area contributed by atoms with Crippen molar-refractivity contribution in [2.45, 2.75) is 6.92 Å². The van der Waals surface area contributed by atoms with Crippen molar-refractivity contribution >= 4 is 29.5 Å². The third kappa shape index (κ3) is 6.16. The first-order chi connectivity index (χ1) is 12.6. The summed E-state index contributed by atoms with van der Waals surface area (Å²) in [6, 6.07) is 5.38. The van der Waals surface area contributed by atoms with E-state index in [2.05, 4.69) is 15.8 Å². The molecule has 0 saturated carbocycles. The molecular weight excluding hydrogens is 356 g/mol. The summed E-state index contributed by atoms with van der Waals surface area (Å²) in [6.07, 6.45) is 1.62. The van der Waals surface area contributed by atoms with E-state index in [1.807, 2.05) is 13.0 Å². The predicted octanol–water partition coefficient (Wildman–Crippen LogP) is 0.751. The number of morpholine rings is 1. The highest BCUT2D eigenvalue weighted by molar-refractivity contribution is 7.80. The van der Waals surface area contributed by atoms with E-state index in [4.69, 9.17) is 26.4 Å². The molecule has 1 heterocycles. The second-order valence-corrected chi connectivity index (χ2v) is 5.78. The van der Waals surface area contributed by atoms with Gasteiger partial charge in [0.05, 0.1) is 26.0 Å².